The fourth-order valence-corrected chi connectivity index (χ4v) is 4.02. The molecule has 0 fully saturated rings. The predicted molar refractivity (Wildman–Crippen MR) is 122 cm³/mol. The van der Waals surface area contributed by atoms with Crippen molar-refractivity contribution in [3.63, 3.8) is 0 Å². The second kappa shape index (κ2) is 11.1. The minimum atomic E-state index is -1.26. The number of H-pyrrole nitrogens is 1. The number of nitrogens with zero attached hydrogens (tertiary/aromatic N) is 1. The summed E-state index contributed by atoms with van der Waals surface area (Å²) in [5.74, 6) is -2.21. The lowest BCUT2D eigenvalue weighted by Crippen LogP contribution is -2.40. The van der Waals surface area contributed by atoms with Gasteiger partial charge in [0, 0.05) is 40.7 Å². The second-order valence-electron chi connectivity index (χ2n) is 7.38. The number of nitrogens with one attached hydrogen (secondary N) is 2. The molecule has 1 aliphatic heterocycles. The molecule has 4 rings (SSSR count). The van der Waals surface area contributed by atoms with Gasteiger partial charge in [-0.25, -0.2) is 14.4 Å². The van der Waals surface area contributed by atoms with Crippen LogP contribution >= 0.6 is 0 Å². The molecule has 0 radical (unpaired) electrons. The Bertz CT molecular complexity index is 1170. The number of rotatable bonds is 8. The molecule has 4 N–H and O–H groups in total. The van der Waals surface area contributed by atoms with Crippen molar-refractivity contribution < 1.29 is 38.2 Å². The van der Waals surface area contributed by atoms with Gasteiger partial charge >= 0.3 is 17.9 Å². The highest BCUT2D eigenvalue weighted by Crippen LogP contribution is 2.52. The summed E-state index contributed by atoms with van der Waals surface area (Å²) >= 11 is 0. The maximum Gasteiger partial charge on any atom is 0.337 e. The molecule has 1 aliphatic rings. The first-order chi connectivity index (χ1) is 16.9. The molecule has 0 aromatic carbocycles. The fourth-order valence-electron chi connectivity index (χ4n) is 4.02. The van der Waals surface area contributed by atoms with E-state index in [-0.39, 0.29) is 12.6 Å². The van der Waals surface area contributed by atoms with E-state index in [1.54, 1.807) is 38.2 Å². The van der Waals surface area contributed by atoms with Crippen molar-refractivity contribution in [3.8, 4) is 0 Å². The van der Waals surface area contributed by atoms with Crippen molar-refractivity contribution in [1.82, 2.24) is 10.2 Å². The van der Waals surface area contributed by atoms with Gasteiger partial charge in [-0.3, -0.25) is 5.10 Å². The van der Waals surface area contributed by atoms with Gasteiger partial charge in [0.05, 0.1) is 42.6 Å². The second-order valence-corrected chi connectivity index (χ2v) is 7.38. The summed E-state index contributed by atoms with van der Waals surface area (Å²) in [5, 5.41) is 26.2. The van der Waals surface area contributed by atoms with Crippen LogP contribution in [-0.4, -0.2) is 44.9 Å². The van der Waals surface area contributed by atoms with E-state index in [0.717, 1.165) is 28.8 Å². The number of anilines is 1. The van der Waals surface area contributed by atoms with Crippen molar-refractivity contribution in [2.45, 2.75) is 32.1 Å². The molecule has 3 aromatic rings. The molecule has 184 valence electrons. The van der Waals surface area contributed by atoms with Gasteiger partial charge in [-0.15, -0.1) is 0 Å². The molecule has 0 bridgehead atoms. The number of aliphatic carboxylic acids is 2. The van der Waals surface area contributed by atoms with E-state index >= 15 is 0 Å². The predicted octanol–water partition coefficient (Wildman–Crippen LogP) is 3.68. The molecule has 0 atom stereocenters. The number of hydrogen-bond donors (Lipinski definition) is 4. The summed E-state index contributed by atoms with van der Waals surface area (Å²) in [5.41, 5.74) is 2.81. The van der Waals surface area contributed by atoms with Gasteiger partial charge in [-0.1, -0.05) is 13.3 Å². The van der Waals surface area contributed by atoms with Gasteiger partial charge in [-0.2, -0.15) is 5.10 Å². The Balaban J connectivity index is 0.000000371. The Morgan fingerprint density at radius 1 is 1.06 bits per heavy atom. The molecular formula is C24H25N3O8. The molecule has 35 heavy (non-hydrogen) atoms. The van der Waals surface area contributed by atoms with Crippen LogP contribution in [0.2, 0.25) is 0 Å². The average molecular weight is 483 g/mol. The number of carboxylic acids is 2. The molecule has 0 spiro atoms. The molecule has 0 saturated heterocycles. The molecule has 0 unspecified atom stereocenters. The zero-order valence-corrected chi connectivity index (χ0v) is 19.1. The quantitative estimate of drug-likeness (QED) is 0.274. The van der Waals surface area contributed by atoms with E-state index in [1.165, 1.54) is 0 Å². The number of fused-ring (bicyclic) bond motifs is 1. The highest BCUT2D eigenvalue weighted by atomic mass is 16.5. The number of aromatic nitrogens is 2. The van der Waals surface area contributed by atoms with Crippen molar-refractivity contribution in [2.75, 3.05) is 11.9 Å². The molecule has 3 aromatic heterocycles. The van der Waals surface area contributed by atoms with E-state index < -0.39 is 17.4 Å². The van der Waals surface area contributed by atoms with E-state index in [1.807, 2.05) is 12.1 Å². The third-order valence-corrected chi connectivity index (χ3v) is 5.25. The van der Waals surface area contributed by atoms with Gasteiger partial charge in [0.1, 0.15) is 0 Å². The molecule has 11 heteroatoms. The van der Waals surface area contributed by atoms with Gasteiger partial charge in [0.2, 0.25) is 0 Å². The van der Waals surface area contributed by atoms with Crippen molar-refractivity contribution in [3.05, 3.63) is 83.5 Å². The van der Waals surface area contributed by atoms with Crippen LogP contribution < -0.4 is 5.32 Å². The van der Waals surface area contributed by atoms with Crippen molar-refractivity contribution in [1.29, 1.82) is 0 Å². The largest absolute Gasteiger partial charge is 0.478 e. The number of ether oxygens (including phenoxy) is 1. The summed E-state index contributed by atoms with van der Waals surface area (Å²) in [7, 11) is 0. The number of furan rings is 2. The third kappa shape index (κ3) is 5.03. The molecule has 0 aliphatic carbocycles. The van der Waals surface area contributed by atoms with E-state index in [9.17, 15) is 14.4 Å². The Morgan fingerprint density at radius 2 is 1.66 bits per heavy atom. The Labute approximate surface area is 200 Å². The maximum absolute atomic E-state index is 13.2. The third-order valence-electron chi connectivity index (χ3n) is 5.25. The minimum absolute atomic E-state index is 0.285. The van der Waals surface area contributed by atoms with Crippen LogP contribution in [0.15, 0.2) is 75.6 Å². The highest BCUT2D eigenvalue weighted by molar-refractivity contribution is 5.98. The normalized spacial score (nSPS) is 14.0. The Morgan fingerprint density at radius 3 is 2.11 bits per heavy atom. The van der Waals surface area contributed by atoms with Crippen LogP contribution in [0.3, 0.4) is 0 Å². The zero-order valence-electron chi connectivity index (χ0n) is 19.1. The first-order valence-corrected chi connectivity index (χ1v) is 10.8. The zero-order chi connectivity index (χ0) is 25.4. The van der Waals surface area contributed by atoms with Gasteiger partial charge in [-0.05, 0) is 25.5 Å². The molecule has 11 nitrogen and oxygen atoms in total. The number of aromatic amines is 1. The number of carbonyl (C=O) groups excluding carboxylic acids is 1. The summed E-state index contributed by atoms with van der Waals surface area (Å²) in [6.07, 6.45) is 10.9. The topological polar surface area (TPSA) is 168 Å². The van der Waals surface area contributed by atoms with Gasteiger partial charge in [0.15, 0.2) is 5.82 Å². The first kappa shape index (κ1) is 25.1. The average Bonchev–Trinajstić information content (AvgIpc) is 3.60. The van der Waals surface area contributed by atoms with Crippen LogP contribution in [0.5, 0.6) is 0 Å². The molecule has 4 heterocycles. The number of allylic oxidation sites excluding steroid dienone is 1. The lowest BCUT2D eigenvalue weighted by molar-refractivity contribution is -0.139. The van der Waals surface area contributed by atoms with Crippen LogP contribution in [0.4, 0.5) is 5.82 Å². The molecular weight excluding hydrogens is 458 g/mol. The first-order valence-electron chi connectivity index (χ1n) is 10.8. The number of hydrogen-bond acceptors (Lipinski definition) is 8. The monoisotopic (exact) mass is 483 g/mol. The summed E-state index contributed by atoms with van der Waals surface area (Å²) in [6.45, 7) is 4.15. The standard InChI is InChI=1S/C20H21N3O4.C4H4O4/c1-3-5-16-17(19(24)27-4-2)20(13-6-8-25-11-13,14-7-9-26-12-14)15-10-21-23-18(15)22-16;5-3(6)1-2-4(7)8/h6-12H,3-5H2,1-2H3,(H2,21,22,23);1-2H,(H,5,6)(H,7,8). The maximum atomic E-state index is 13.2. The fraction of sp³-hybridized carbons (Fsp3) is 0.250. The van der Waals surface area contributed by atoms with Crippen LogP contribution in [0.1, 0.15) is 43.4 Å². The van der Waals surface area contributed by atoms with Crippen LogP contribution in [0.25, 0.3) is 0 Å². The van der Waals surface area contributed by atoms with Gasteiger partial charge < -0.3 is 29.1 Å². The van der Waals surface area contributed by atoms with Gasteiger partial charge in [0.25, 0.3) is 0 Å². The lowest BCUT2D eigenvalue weighted by atomic mass is 9.64. The highest BCUT2D eigenvalue weighted by Gasteiger charge is 2.51. The summed E-state index contributed by atoms with van der Waals surface area (Å²) < 4.78 is 16.3. The number of carbonyl (C=O) groups is 3. The number of esters is 1. The Hall–Kier alpha value is -4.54. The molecule has 0 amide bonds. The Kier molecular flexibility index (Phi) is 7.92. The van der Waals surface area contributed by atoms with Crippen molar-refractivity contribution >= 4 is 23.7 Å². The van der Waals surface area contributed by atoms with Crippen LogP contribution in [-0.2, 0) is 24.5 Å². The van der Waals surface area contributed by atoms with Crippen LogP contribution in [0, 0.1) is 0 Å². The summed E-state index contributed by atoms with van der Waals surface area (Å²) in [6, 6.07) is 3.72. The lowest BCUT2D eigenvalue weighted by Gasteiger charge is -2.38. The molecule has 0 saturated carbocycles. The summed E-state index contributed by atoms with van der Waals surface area (Å²) in [4.78, 5) is 32.3. The SMILES string of the molecule is CCCC1=C(C(=O)OCC)C(c2ccoc2)(c2ccoc2)c2c[nH]nc2N1.O=C(O)C=CC(=O)O. The van der Waals surface area contributed by atoms with E-state index in [4.69, 9.17) is 23.8 Å². The number of carboxylic acid groups (broad SMARTS) is 2. The van der Waals surface area contributed by atoms with E-state index in [2.05, 4.69) is 22.4 Å². The van der Waals surface area contributed by atoms with E-state index in [0.29, 0.717) is 30.0 Å². The van der Waals surface area contributed by atoms with Crippen molar-refractivity contribution in [2.24, 2.45) is 0 Å². The smallest absolute Gasteiger partial charge is 0.337 e. The minimum Gasteiger partial charge on any atom is -0.478 e.